The summed E-state index contributed by atoms with van der Waals surface area (Å²) < 4.78 is 23.4. The molecular weight excluding hydrogens is 438 g/mol. The van der Waals surface area contributed by atoms with Crippen molar-refractivity contribution in [3.8, 4) is 17.2 Å². The van der Waals surface area contributed by atoms with E-state index in [1.165, 1.54) is 21.3 Å². The molecule has 1 aliphatic rings. The van der Waals surface area contributed by atoms with Crippen LogP contribution in [0.25, 0.3) is 0 Å². The van der Waals surface area contributed by atoms with Crippen LogP contribution in [0.2, 0.25) is 0 Å². The number of ether oxygens (including phenoxy) is 4. The van der Waals surface area contributed by atoms with Gasteiger partial charge in [-0.3, -0.25) is 9.78 Å². The van der Waals surface area contributed by atoms with Gasteiger partial charge < -0.3 is 29.2 Å². The molecule has 1 aliphatic heterocycles. The van der Waals surface area contributed by atoms with Gasteiger partial charge in [-0.05, 0) is 25.1 Å². The van der Waals surface area contributed by atoms with Crippen molar-refractivity contribution in [2.45, 2.75) is 19.4 Å². The summed E-state index contributed by atoms with van der Waals surface area (Å²) in [6.45, 7) is 2.04. The maximum absolute atomic E-state index is 13.9. The number of methoxy groups -OCH3 is 3. The van der Waals surface area contributed by atoms with Gasteiger partial charge in [-0.25, -0.2) is 4.79 Å². The van der Waals surface area contributed by atoms with Crippen LogP contribution < -0.4 is 25.5 Å². The number of benzene rings is 1. The average molecular weight is 463 g/mol. The second kappa shape index (κ2) is 9.30. The fraction of sp³-hybridized carbons (Fsp3) is 0.240. The van der Waals surface area contributed by atoms with Crippen molar-refractivity contribution in [3.63, 3.8) is 0 Å². The quantitative estimate of drug-likeness (QED) is 0.555. The van der Waals surface area contributed by atoms with E-state index in [0.717, 1.165) is 0 Å². The maximum atomic E-state index is 13.9. The lowest BCUT2D eigenvalue weighted by Crippen LogP contribution is -2.35. The van der Waals surface area contributed by atoms with Gasteiger partial charge in [0.05, 0.1) is 45.0 Å². The van der Waals surface area contributed by atoms with Gasteiger partial charge in [0.1, 0.15) is 11.3 Å². The molecule has 1 aromatic carbocycles. The van der Waals surface area contributed by atoms with Gasteiger partial charge in [-0.2, -0.15) is 0 Å². The Bertz CT molecular complexity index is 1330. The fourth-order valence-corrected chi connectivity index (χ4v) is 4.20. The molecule has 1 atom stereocenters. The first-order chi connectivity index (χ1) is 16.4. The second-order valence-corrected chi connectivity index (χ2v) is 7.66. The summed E-state index contributed by atoms with van der Waals surface area (Å²) in [5.74, 6) is -0.695. The summed E-state index contributed by atoms with van der Waals surface area (Å²) in [5.41, 5.74) is 7.97. The van der Waals surface area contributed by atoms with Crippen LogP contribution in [0.1, 0.15) is 28.4 Å². The van der Waals surface area contributed by atoms with Crippen molar-refractivity contribution in [3.05, 3.63) is 93.0 Å². The third-order valence-corrected chi connectivity index (χ3v) is 5.77. The van der Waals surface area contributed by atoms with Gasteiger partial charge in [-0.15, -0.1) is 0 Å². The zero-order valence-corrected chi connectivity index (χ0v) is 19.3. The zero-order valence-electron chi connectivity index (χ0n) is 19.3. The number of aromatic nitrogens is 2. The Balaban J connectivity index is 2.01. The first-order valence-electron chi connectivity index (χ1n) is 10.5. The molecule has 3 heterocycles. The Hall–Kier alpha value is -4.27. The normalized spacial score (nSPS) is 14.8. The molecular formula is C25H25N3O6. The molecule has 0 aliphatic carbocycles. The van der Waals surface area contributed by atoms with Crippen molar-refractivity contribution in [1.29, 1.82) is 0 Å². The van der Waals surface area contributed by atoms with Crippen molar-refractivity contribution < 1.29 is 23.7 Å². The van der Waals surface area contributed by atoms with Crippen LogP contribution in [-0.2, 0) is 16.1 Å². The van der Waals surface area contributed by atoms with E-state index in [0.29, 0.717) is 28.5 Å². The van der Waals surface area contributed by atoms with E-state index in [1.54, 1.807) is 48.0 Å². The number of para-hydroxylation sites is 1. The van der Waals surface area contributed by atoms with Crippen molar-refractivity contribution in [2.24, 2.45) is 5.73 Å². The Morgan fingerprint density at radius 2 is 1.94 bits per heavy atom. The molecule has 2 aromatic heterocycles. The number of pyridine rings is 2. The number of fused-ring (bicyclic) bond motifs is 1. The minimum atomic E-state index is -0.913. The summed E-state index contributed by atoms with van der Waals surface area (Å²) in [7, 11) is 4.24. The van der Waals surface area contributed by atoms with Crippen LogP contribution in [0, 0.1) is 6.92 Å². The summed E-state index contributed by atoms with van der Waals surface area (Å²) in [4.78, 5) is 31.1. The number of nitrogens with two attached hydrogens (primary N) is 1. The van der Waals surface area contributed by atoms with E-state index in [-0.39, 0.29) is 34.9 Å². The molecule has 0 fully saturated rings. The second-order valence-electron chi connectivity index (χ2n) is 7.66. The highest BCUT2D eigenvalue weighted by atomic mass is 16.5. The van der Waals surface area contributed by atoms with Crippen molar-refractivity contribution in [2.75, 3.05) is 21.3 Å². The lowest BCUT2D eigenvalue weighted by Gasteiger charge is -2.30. The number of aryl methyl sites for hydroxylation is 1. The first-order valence-corrected chi connectivity index (χ1v) is 10.5. The molecule has 176 valence electrons. The third-order valence-electron chi connectivity index (χ3n) is 5.77. The van der Waals surface area contributed by atoms with Crippen LogP contribution in [0.4, 0.5) is 0 Å². The zero-order chi connectivity index (χ0) is 24.4. The lowest BCUT2D eigenvalue weighted by atomic mass is 9.82. The predicted molar refractivity (Wildman–Crippen MR) is 124 cm³/mol. The van der Waals surface area contributed by atoms with E-state index in [2.05, 4.69) is 4.98 Å². The molecule has 34 heavy (non-hydrogen) atoms. The molecule has 0 unspecified atom stereocenters. The highest BCUT2D eigenvalue weighted by Crippen LogP contribution is 2.46. The van der Waals surface area contributed by atoms with Gasteiger partial charge in [0.2, 0.25) is 5.88 Å². The molecule has 4 rings (SSSR count). The molecule has 0 spiro atoms. The van der Waals surface area contributed by atoms with Crippen LogP contribution in [0.5, 0.6) is 17.2 Å². The van der Waals surface area contributed by atoms with Crippen LogP contribution >= 0.6 is 0 Å². The highest BCUT2D eigenvalue weighted by Gasteiger charge is 2.40. The van der Waals surface area contributed by atoms with Gasteiger partial charge >= 0.3 is 5.97 Å². The SMILES string of the molecule is COC(=O)C1=C(N)Oc2cc(C)n(Cc3ccccn3)c(=O)c2[C@@H]1c1cccc(OC)c1OC. The molecule has 0 saturated heterocycles. The van der Waals surface area contributed by atoms with E-state index < -0.39 is 11.9 Å². The number of hydrogen-bond donors (Lipinski definition) is 1. The summed E-state index contributed by atoms with van der Waals surface area (Å²) in [6, 6.07) is 12.4. The number of esters is 1. The van der Waals surface area contributed by atoms with Gasteiger partial charge in [-0.1, -0.05) is 18.2 Å². The Kier molecular flexibility index (Phi) is 6.27. The van der Waals surface area contributed by atoms with E-state index >= 15 is 0 Å². The minimum Gasteiger partial charge on any atom is -0.493 e. The molecule has 0 saturated carbocycles. The Morgan fingerprint density at radius 3 is 2.59 bits per heavy atom. The first kappa shape index (κ1) is 22.9. The Morgan fingerprint density at radius 1 is 1.15 bits per heavy atom. The number of carbonyl (C=O) groups excluding carboxylic acids is 1. The molecule has 9 nitrogen and oxygen atoms in total. The predicted octanol–water partition coefficient (Wildman–Crippen LogP) is 2.48. The summed E-state index contributed by atoms with van der Waals surface area (Å²) in [5, 5.41) is 0. The lowest BCUT2D eigenvalue weighted by molar-refractivity contribution is -0.136. The van der Waals surface area contributed by atoms with Crippen molar-refractivity contribution >= 4 is 5.97 Å². The maximum Gasteiger partial charge on any atom is 0.340 e. The largest absolute Gasteiger partial charge is 0.493 e. The van der Waals surface area contributed by atoms with Crippen molar-refractivity contribution in [1.82, 2.24) is 9.55 Å². The number of hydrogen-bond acceptors (Lipinski definition) is 8. The van der Waals surface area contributed by atoms with E-state index in [4.69, 9.17) is 24.7 Å². The van der Waals surface area contributed by atoms with E-state index in [9.17, 15) is 9.59 Å². The fourth-order valence-electron chi connectivity index (χ4n) is 4.20. The topological polar surface area (TPSA) is 115 Å². The van der Waals surface area contributed by atoms with Crippen LogP contribution in [0.15, 0.2) is 64.9 Å². The Labute approximate surface area is 196 Å². The number of rotatable bonds is 6. The molecule has 2 N–H and O–H groups in total. The molecule has 0 amide bonds. The van der Waals surface area contributed by atoms with Crippen LogP contribution in [-0.4, -0.2) is 36.8 Å². The average Bonchev–Trinajstić information content (AvgIpc) is 2.85. The van der Waals surface area contributed by atoms with Gasteiger partial charge in [0.25, 0.3) is 5.56 Å². The minimum absolute atomic E-state index is 0.00638. The van der Waals surface area contributed by atoms with Gasteiger partial charge in [0.15, 0.2) is 11.5 Å². The monoisotopic (exact) mass is 463 g/mol. The standard InChI is InChI=1S/C25H25N3O6/c1-14-12-18-20(24(29)28(14)13-15-8-5-6-11-27-15)19(21(23(26)34-18)25(30)33-4)16-9-7-10-17(31-2)22(16)32-3/h5-12,19H,13,26H2,1-4H3/t19-/m0/s1. The third kappa shape index (κ3) is 3.85. The molecule has 0 bridgehead atoms. The summed E-state index contributed by atoms with van der Waals surface area (Å²) >= 11 is 0. The number of carbonyl (C=O) groups is 1. The van der Waals surface area contributed by atoms with E-state index in [1.807, 2.05) is 12.1 Å². The van der Waals surface area contributed by atoms with Crippen LogP contribution in [0.3, 0.4) is 0 Å². The smallest absolute Gasteiger partial charge is 0.340 e. The number of nitrogens with zero attached hydrogens (tertiary/aromatic N) is 2. The summed E-state index contributed by atoms with van der Waals surface area (Å²) in [6.07, 6.45) is 1.67. The highest BCUT2D eigenvalue weighted by molar-refractivity contribution is 5.93. The molecule has 0 radical (unpaired) electrons. The molecule has 3 aromatic rings. The van der Waals surface area contributed by atoms with Gasteiger partial charge in [0, 0.05) is 23.5 Å². The molecule has 9 heteroatoms.